The van der Waals surface area contributed by atoms with E-state index in [9.17, 15) is 13.2 Å². The molecule has 2 aromatic carbocycles. The molecule has 1 saturated heterocycles. The summed E-state index contributed by atoms with van der Waals surface area (Å²) in [6, 6.07) is 12.2. The molecule has 1 aliphatic rings. The van der Waals surface area contributed by atoms with Crippen molar-refractivity contribution in [3.63, 3.8) is 0 Å². The van der Waals surface area contributed by atoms with E-state index in [1.807, 2.05) is 17.0 Å². The zero-order valence-corrected chi connectivity index (χ0v) is 19.3. The van der Waals surface area contributed by atoms with Crippen LogP contribution < -0.4 is 9.62 Å². The van der Waals surface area contributed by atoms with Crippen molar-refractivity contribution in [2.24, 2.45) is 0 Å². The third-order valence-corrected chi connectivity index (χ3v) is 7.16. The normalized spacial score (nSPS) is 15.8. The van der Waals surface area contributed by atoms with Crippen molar-refractivity contribution in [2.75, 3.05) is 37.9 Å². The first-order valence-corrected chi connectivity index (χ1v) is 11.8. The number of carbonyl (C=O) groups is 1. The van der Waals surface area contributed by atoms with E-state index in [1.54, 1.807) is 37.3 Å². The Bertz CT molecular complexity index is 1020. The van der Waals surface area contributed by atoms with E-state index in [-0.39, 0.29) is 16.2 Å². The summed E-state index contributed by atoms with van der Waals surface area (Å²) >= 11 is 0. The summed E-state index contributed by atoms with van der Waals surface area (Å²) < 4.78 is 28.7. The van der Waals surface area contributed by atoms with Crippen LogP contribution in [0.5, 0.6) is 0 Å². The van der Waals surface area contributed by atoms with Gasteiger partial charge in [0.05, 0.1) is 38.1 Å². The van der Waals surface area contributed by atoms with Gasteiger partial charge >= 0.3 is 0 Å². The standard InChI is InChI=1S/C23H31N3O3S/c1-17-6-9-19(23(2,3)4)16-21(17)30(28,29)24-20-10-7-18(8-11-20)22(27)26-14-12-25(5)13-15-26/h6-11,16,24H,12-15H2,1-5H3/p+1. The van der Waals surface area contributed by atoms with Gasteiger partial charge in [-0.2, -0.15) is 0 Å². The first-order chi connectivity index (χ1) is 14.0. The van der Waals surface area contributed by atoms with E-state index in [0.717, 1.165) is 31.7 Å². The maximum Gasteiger partial charge on any atom is 0.262 e. The molecular weight excluding hydrogens is 398 g/mol. The van der Waals surface area contributed by atoms with E-state index in [1.165, 1.54) is 4.90 Å². The van der Waals surface area contributed by atoms with Crippen LogP contribution in [0.25, 0.3) is 0 Å². The second kappa shape index (κ2) is 8.40. The number of hydrogen-bond acceptors (Lipinski definition) is 3. The van der Waals surface area contributed by atoms with Crippen molar-refractivity contribution >= 4 is 21.6 Å². The summed E-state index contributed by atoms with van der Waals surface area (Å²) in [6.45, 7) is 11.3. The van der Waals surface area contributed by atoms with Gasteiger partial charge in [0, 0.05) is 11.3 Å². The first-order valence-electron chi connectivity index (χ1n) is 10.3. The minimum Gasteiger partial charge on any atom is -0.334 e. The first kappa shape index (κ1) is 22.3. The van der Waals surface area contributed by atoms with Gasteiger partial charge in [-0.05, 0) is 53.8 Å². The molecule has 30 heavy (non-hydrogen) atoms. The van der Waals surface area contributed by atoms with E-state index in [0.29, 0.717) is 16.8 Å². The summed E-state index contributed by atoms with van der Waals surface area (Å²) in [7, 11) is -1.61. The SMILES string of the molecule is Cc1ccc(C(C)(C)C)cc1S(=O)(=O)Nc1ccc(C(=O)N2CC[NH+](C)CC2)cc1. The molecule has 0 spiro atoms. The molecule has 0 saturated carbocycles. The van der Waals surface area contributed by atoms with Crippen molar-refractivity contribution < 1.29 is 18.1 Å². The topological polar surface area (TPSA) is 70.9 Å². The van der Waals surface area contributed by atoms with E-state index >= 15 is 0 Å². The molecule has 0 atom stereocenters. The fourth-order valence-corrected chi connectivity index (χ4v) is 4.85. The van der Waals surface area contributed by atoms with Gasteiger partial charge in [0.1, 0.15) is 0 Å². The van der Waals surface area contributed by atoms with E-state index in [2.05, 4.69) is 32.5 Å². The Morgan fingerprint density at radius 1 is 1.03 bits per heavy atom. The molecule has 1 aliphatic heterocycles. The maximum absolute atomic E-state index is 13.0. The number of likely N-dealkylation sites (N-methyl/N-ethyl adjacent to an activating group) is 1. The van der Waals surface area contributed by atoms with Crippen molar-refractivity contribution in [3.8, 4) is 0 Å². The van der Waals surface area contributed by atoms with Crippen molar-refractivity contribution in [1.82, 2.24) is 4.90 Å². The lowest BCUT2D eigenvalue weighted by molar-refractivity contribution is -0.883. The van der Waals surface area contributed by atoms with Gasteiger partial charge in [0.25, 0.3) is 15.9 Å². The number of quaternary nitrogens is 1. The van der Waals surface area contributed by atoms with Crippen LogP contribution in [0.1, 0.15) is 42.3 Å². The predicted molar refractivity (Wildman–Crippen MR) is 120 cm³/mol. The molecule has 2 N–H and O–H groups in total. The lowest BCUT2D eigenvalue weighted by atomic mass is 9.87. The number of piperazine rings is 1. The Morgan fingerprint density at radius 3 is 2.20 bits per heavy atom. The van der Waals surface area contributed by atoms with Gasteiger partial charge in [-0.1, -0.05) is 32.9 Å². The number of aryl methyl sites for hydroxylation is 1. The summed E-state index contributed by atoms with van der Waals surface area (Å²) in [5.74, 6) is -0.00868. The molecule has 0 aromatic heterocycles. The smallest absolute Gasteiger partial charge is 0.262 e. The number of hydrogen-bond donors (Lipinski definition) is 2. The van der Waals surface area contributed by atoms with Crippen molar-refractivity contribution in [2.45, 2.75) is 38.0 Å². The number of nitrogens with zero attached hydrogens (tertiary/aromatic N) is 1. The zero-order chi connectivity index (χ0) is 22.1. The van der Waals surface area contributed by atoms with Gasteiger partial charge in [0.2, 0.25) is 0 Å². The molecule has 1 heterocycles. The van der Waals surface area contributed by atoms with Crippen LogP contribution in [0, 0.1) is 6.92 Å². The van der Waals surface area contributed by atoms with Crippen molar-refractivity contribution in [1.29, 1.82) is 0 Å². The number of nitrogens with one attached hydrogen (secondary N) is 2. The number of amides is 1. The minimum absolute atomic E-state index is 0.00868. The number of rotatable bonds is 4. The quantitative estimate of drug-likeness (QED) is 0.780. The van der Waals surface area contributed by atoms with Crippen LogP contribution in [0.15, 0.2) is 47.4 Å². The fourth-order valence-electron chi connectivity index (χ4n) is 3.52. The highest BCUT2D eigenvalue weighted by Gasteiger charge is 2.24. The molecule has 2 aromatic rings. The Kier molecular flexibility index (Phi) is 6.24. The largest absolute Gasteiger partial charge is 0.334 e. The van der Waals surface area contributed by atoms with Crippen LogP contribution in [-0.2, 0) is 15.4 Å². The van der Waals surface area contributed by atoms with Gasteiger partial charge in [-0.25, -0.2) is 8.42 Å². The molecule has 0 radical (unpaired) electrons. The lowest BCUT2D eigenvalue weighted by Gasteiger charge is -2.30. The molecular formula is C23H32N3O3S+. The van der Waals surface area contributed by atoms with Crippen LogP contribution >= 0.6 is 0 Å². The lowest BCUT2D eigenvalue weighted by Crippen LogP contribution is -3.12. The molecule has 162 valence electrons. The highest BCUT2D eigenvalue weighted by Crippen LogP contribution is 2.28. The average Bonchev–Trinajstić information content (AvgIpc) is 2.67. The average molecular weight is 431 g/mol. The summed E-state index contributed by atoms with van der Waals surface area (Å²) in [5.41, 5.74) is 2.52. The van der Waals surface area contributed by atoms with Crippen molar-refractivity contribution in [3.05, 3.63) is 59.2 Å². The van der Waals surface area contributed by atoms with Crippen LogP contribution in [-0.4, -0.2) is 52.5 Å². The predicted octanol–water partition coefficient (Wildman–Crippen LogP) is 2.06. The Morgan fingerprint density at radius 2 is 1.63 bits per heavy atom. The zero-order valence-electron chi connectivity index (χ0n) is 18.5. The monoisotopic (exact) mass is 430 g/mol. The molecule has 1 amide bonds. The molecule has 7 heteroatoms. The van der Waals surface area contributed by atoms with Gasteiger partial charge in [-0.15, -0.1) is 0 Å². The van der Waals surface area contributed by atoms with Gasteiger partial charge in [-0.3, -0.25) is 9.52 Å². The van der Waals surface area contributed by atoms with E-state index < -0.39 is 10.0 Å². The second-order valence-corrected chi connectivity index (χ2v) is 10.8. The summed E-state index contributed by atoms with van der Waals surface area (Å²) in [4.78, 5) is 16.2. The van der Waals surface area contributed by atoms with Crippen LogP contribution in [0.3, 0.4) is 0 Å². The highest BCUT2D eigenvalue weighted by atomic mass is 32.2. The van der Waals surface area contributed by atoms with Gasteiger partial charge in [0.15, 0.2) is 0 Å². The fraction of sp³-hybridized carbons (Fsp3) is 0.435. The molecule has 0 bridgehead atoms. The minimum atomic E-state index is -3.73. The second-order valence-electron chi connectivity index (χ2n) is 9.16. The van der Waals surface area contributed by atoms with Gasteiger partial charge < -0.3 is 9.80 Å². The molecule has 3 rings (SSSR count). The Balaban J connectivity index is 1.77. The molecule has 0 aliphatic carbocycles. The Hall–Kier alpha value is -2.38. The molecule has 1 fully saturated rings. The number of benzene rings is 2. The molecule has 0 unspecified atom stereocenters. The number of sulfonamides is 1. The van der Waals surface area contributed by atoms with Crippen LogP contribution in [0.4, 0.5) is 5.69 Å². The number of carbonyl (C=O) groups excluding carboxylic acids is 1. The third-order valence-electron chi connectivity index (χ3n) is 5.63. The maximum atomic E-state index is 13.0. The highest BCUT2D eigenvalue weighted by molar-refractivity contribution is 7.92. The summed E-state index contributed by atoms with van der Waals surface area (Å²) in [5, 5.41) is 0. The van der Waals surface area contributed by atoms with E-state index in [4.69, 9.17) is 0 Å². The van der Waals surface area contributed by atoms with Crippen LogP contribution in [0.2, 0.25) is 0 Å². The summed E-state index contributed by atoms with van der Waals surface area (Å²) in [6.07, 6.45) is 0. The number of anilines is 1. The third kappa shape index (κ3) is 5.02. The Labute approximate surface area is 179 Å². The molecule has 6 nitrogen and oxygen atoms in total.